The highest BCUT2D eigenvalue weighted by Gasteiger charge is 2.15. The number of aryl methyl sites for hydroxylation is 2. The molecule has 22 heavy (non-hydrogen) atoms. The summed E-state index contributed by atoms with van der Waals surface area (Å²) in [5, 5.41) is 9.00. The summed E-state index contributed by atoms with van der Waals surface area (Å²) < 4.78 is 4.58. The van der Waals surface area contributed by atoms with Gasteiger partial charge in [0, 0.05) is 32.3 Å². The van der Waals surface area contributed by atoms with Gasteiger partial charge in [0.25, 0.3) is 0 Å². The van der Waals surface area contributed by atoms with Crippen molar-refractivity contribution in [3.8, 4) is 0 Å². The summed E-state index contributed by atoms with van der Waals surface area (Å²) in [6.07, 6.45) is 3.75. The van der Waals surface area contributed by atoms with Gasteiger partial charge in [-0.3, -0.25) is 14.2 Å². The Hall–Kier alpha value is -1.34. The molecular weight excluding hydrogens is 370 g/mol. The molecule has 0 aliphatic heterocycles. The van der Waals surface area contributed by atoms with E-state index in [1.54, 1.807) is 29.0 Å². The molecule has 0 radical (unpaired) electrons. The van der Waals surface area contributed by atoms with Crippen LogP contribution in [0, 0.1) is 6.92 Å². The Labute approximate surface area is 143 Å². The third-order valence-corrected chi connectivity index (χ3v) is 4.68. The van der Waals surface area contributed by atoms with Crippen molar-refractivity contribution >= 4 is 33.4 Å². The SMILES string of the molecule is CCn1ncc(Cl)c1CN(C)C(=O)CCn1ncc(Br)c1C. The quantitative estimate of drug-likeness (QED) is 0.764. The van der Waals surface area contributed by atoms with Gasteiger partial charge in [0.05, 0.1) is 34.1 Å². The van der Waals surface area contributed by atoms with Gasteiger partial charge < -0.3 is 4.90 Å². The fourth-order valence-corrected chi connectivity index (χ4v) is 2.67. The van der Waals surface area contributed by atoms with Crippen LogP contribution in [0.1, 0.15) is 24.7 Å². The van der Waals surface area contributed by atoms with E-state index >= 15 is 0 Å². The van der Waals surface area contributed by atoms with Gasteiger partial charge in [-0.2, -0.15) is 10.2 Å². The molecule has 0 saturated carbocycles. The monoisotopic (exact) mass is 387 g/mol. The Kier molecular flexibility index (Phi) is 5.63. The van der Waals surface area contributed by atoms with E-state index in [2.05, 4.69) is 26.1 Å². The Bertz CT molecular complexity index is 666. The molecule has 0 fully saturated rings. The summed E-state index contributed by atoms with van der Waals surface area (Å²) in [7, 11) is 1.78. The third-order valence-electron chi connectivity index (χ3n) is 3.59. The second kappa shape index (κ2) is 7.28. The maximum atomic E-state index is 12.3. The lowest BCUT2D eigenvalue weighted by molar-refractivity contribution is -0.130. The van der Waals surface area contributed by atoms with Crippen LogP contribution >= 0.6 is 27.5 Å². The average molecular weight is 389 g/mol. The second-order valence-corrected chi connectivity index (χ2v) is 6.32. The molecule has 2 aromatic heterocycles. The first-order valence-electron chi connectivity index (χ1n) is 7.06. The lowest BCUT2D eigenvalue weighted by Crippen LogP contribution is -2.28. The first-order chi connectivity index (χ1) is 10.4. The van der Waals surface area contributed by atoms with Crippen molar-refractivity contribution < 1.29 is 4.79 Å². The maximum absolute atomic E-state index is 12.3. The first kappa shape index (κ1) is 17.0. The van der Waals surface area contributed by atoms with Crippen LogP contribution in [-0.2, 0) is 24.4 Å². The number of halogens is 2. The van der Waals surface area contributed by atoms with Gasteiger partial charge in [-0.25, -0.2) is 0 Å². The standard InChI is InChI=1S/C14H19BrClN5O/c1-4-20-13(12(16)8-18-20)9-19(3)14(22)5-6-21-10(2)11(15)7-17-21/h7-8H,4-6,9H2,1-3H3. The van der Waals surface area contributed by atoms with Crippen molar-refractivity contribution in [3.05, 3.63) is 33.3 Å². The highest BCUT2D eigenvalue weighted by atomic mass is 79.9. The molecular formula is C14H19BrClN5O. The van der Waals surface area contributed by atoms with E-state index in [1.807, 2.05) is 18.5 Å². The second-order valence-electron chi connectivity index (χ2n) is 5.06. The van der Waals surface area contributed by atoms with Crippen molar-refractivity contribution in [2.24, 2.45) is 0 Å². The van der Waals surface area contributed by atoms with Crippen LogP contribution in [0.3, 0.4) is 0 Å². The largest absolute Gasteiger partial charge is 0.340 e. The van der Waals surface area contributed by atoms with E-state index in [9.17, 15) is 4.79 Å². The number of amides is 1. The van der Waals surface area contributed by atoms with Crippen molar-refractivity contribution in [1.82, 2.24) is 24.5 Å². The van der Waals surface area contributed by atoms with Gasteiger partial charge >= 0.3 is 0 Å². The Morgan fingerprint density at radius 3 is 2.64 bits per heavy atom. The van der Waals surface area contributed by atoms with Crippen LogP contribution in [0.5, 0.6) is 0 Å². The molecule has 0 unspecified atom stereocenters. The molecule has 0 aliphatic carbocycles. The molecule has 0 spiro atoms. The van der Waals surface area contributed by atoms with Crippen LogP contribution in [0.2, 0.25) is 5.02 Å². The first-order valence-corrected chi connectivity index (χ1v) is 8.23. The van der Waals surface area contributed by atoms with Gasteiger partial charge in [-0.05, 0) is 29.8 Å². The van der Waals surface area contributed by atoms with Gasteiger partial charge in [0.15, 0.2) is 0 Å². The minimum atomic E-state index is 0.0472. The summed E-state index contributed by atoms with van der Waals surface area (Å²) in [4.78, 5) is 13.9. The smallest absolute Gasteiger partial charge is 0.224 e. The summed E-state index contributed by atoms with van der Waals surface area (Å²) in [6.45, 7) is 5.69. The average Bonchev–Trinajstić information content (AvgIpc) is 3.01. The lowest BCUT2D eigenvalue weighted by Gasteiger charge is -2.18. The van der Waals surface area contributed by atoms with E-state index in [4.69, 9.17) is 11.6 Å². The highest BCUT2D eigenvalue weighted by molar-refractivity contribution is 9.10. The third kappa shape index (κ3) is 3.70. The molecule has 0 bridgehead atoms. The van der Waals surface area contributed by atoms with Crippen molar-refractivity contribution in [2.75, 3.05) is 7.05 Å². The Morgan fingerprint density at radius 1 is 1.36 bits per heavy atom. The van der Waals surface area contributed by atoms with E-state index in [0.29, 0.717) is 24.5 Å². The predicted octanol–water partition coefficient (Wildman–Crippen LogP) is 2.87. The van der Waals surface area contributed by atoms with Crippen molar-refractivity contribution in [1.29, 1.82) is 0 Å². The molecule has 2 aromatic rings. The number of hydrogen-bond donors (Lipinski definition) is 0. The van der Waals surface area contributed by atoms with E-state index in [1.165, 1.54) is 0 Å². The fourth-order valence-electron chi connectivity index (χ4n) is 2.17. The zero-order valence-corrected chi connectivity index (χ0v) is 15.2. The predicted molar refractivity (Wildman–Crippen MR) is 88.7 cm³/mol. The molecule has 8 heteroatoms. The zero-order valence-electron chi connectivity index (χ0n) is 12.9. The number of carbonyl (C=O) groups is 1. The van der Waals surface area contributed by atoms with Crippen molar-refractivity contribution in [2.45, 2.75) is 39.9 Å². The van der Waals surface area contributed by atoms with Crippen LogP contribution < -0.4 is 0 Å². The fraction of sp³-hybridized carbons (Fsp3) is 0.500. The van der Waals surface area contributed by atoms with Crippen LogP contribution in [0.25, 0.3) is 0 Å². The summed E-state index contributed by atoms with van der Waals surface area (Å²) in [5.41, 5.74) is 1.88. The summed E-state index contributed by atoms with van der Waals surface area (Å²) in [5.74, 6) is 0.0472. The Balaban J connectivity index is 1.95. The van der Waals surface area contributed by atoms with Gasteiger partial charge in [-0.1, -0.05) is 11.6 Å². The molecule has 0 atom stereocenters. The molecule has 6 nitrogen and oxygen atoms in total. The van der Waals surface area contributed by atoms with Gasteiger partial charge in [-0.15, -0.1) is 0 Å². The summed E-state index contributed by atoms with van der Waals surface area (Å²) >= 11 is 9.54. The van der Waals surface area contributed by atoms with Crippen LogP contribution in [0.4, 0.5) is 0 Å². The molecule has 1 amide bonds. The van der Waals surface area contributed by atoms with E-state index in [0.717, 1.165) is 22.4 Å². The number of nitrogens with zero attached hydrogens (tertiary/aromatic N) is 5. The van der Waals surface area contributed by atoms with Gasteiger partial charge in [0.2, 0.25) is 5.91 Å². The van der Waals surface area contributed by atoms with Crippen LogP contribution in [0.15, 0.2) is 16.9 Å². The topological polar surface area (TPSA) is 56.0 Å². The highest BCUT2D eigenvalue weighted by Crippen LogP contribution is 2.18. The number of carbonyl (C=O) groups excluding carboxylic acids is 1. The molecule has 0 saturated heterocycles. The molecule has 2 rings (SSSR count). The van der Waals surface area contributed by atoms with Gasteiger partial charge in [0.1, 0.15) is 0 Å². The van der Waals surface area contributed by atoms with Crippen LogP contribution in [-0.4, -0.2) is 37.4 Å². The zero-order chi connectivity index (χ0) is 16.3. The summed E-state index contributed by atoms with van der Waals surface area (Å²) in [6, 6.07) is 0. The Morgan fingerprint density at radius 2 is 2.05 bits per heavy atom. The van der Waals surface area contributed by atoms with Crippen molar-refractivity contribution in [3.63, 3.8) is 0 Å². The number of aromatic nitrogens is 4. The molecule has 2 heterocycles. The number of rotatable bonds is 6. The molecule has 120 valence electrons. The minimum Gasteiger partial charge on any atom is -0.340 e. The normalized spacial score (nSPS) is 11.0. The number of hydrogen-bond acceptors (Lipinski definition) is 3. The molecule has 0 N–H and O–H groups in total. The lowest BCUT2D eigenvalue weighted by atomic mass is 10.3. The van der Waals surface area contributed by atoms with E-state index in [-0.39, 0.29) is 5.91 Å². The maximum Gasteiger partial charge on any atom is 0.224 e. The molecule has 0 aliphatic rings. The minimum absolute atomic E-state index is 0.0472. The van der Waals surface area contributed by atoms with E-state index < -0.39 is 0 Å². The molecule has 0 aromatic carbocycles.